The van der Waals surface area contributed by atoms with E-state index >= 15 is 0 Å². The van der Waals surface area contributed by atoms with Gasteiger partial charge in [0.2, 0.25) is 0 Å². The minimum Gasteiger partial charge on any atom is -0.337 e. The van der Waals surface area contributed by atoms with Gasteiger partial charge in [-0.1, -0.05) is 37.3 Å². The third-order valence-electron chi connectivity index (χ3n) is 5.43. The zero-order valence-corrected chi connectivity index (χ0v) is 15.4. The van der Waals surface area contributed by atoms with Crippen molar-refractivity contribution in [2.45, 2.75) is 13.3 Å². The molecular weight excluding hydrogens is 326 g/mol. The fourth-order valence-electron chi connectivity index (χ4n) is 4.04. The van der Waals surface area contributed by atoms with Crippen LogP contribution in [-0.4, -0.2) is 33.0 Å². The highest BCUT2D eigenvalue weighted by Gasteiger charge is 2.41. The summed E-state index contributed by atoms with van der Waals surface area (Å²) in [6, 6.07) is 15.9. The molecular formula is C21H23N3O2. The number of carbonyl (C=O) groups excluding carboxylic acids is 1. The van der Waals surface area contributed by atoms with Crippen molar-refractivity contribution < 1.29 is 4.79 Å². The van der Waals surface area contributed by atoms with Gasteiger partial charge in [0.15, 0.2) is 0 Å². The SMILES string of the molecule is Cn1c(=O)n(C)c2cc(C(=O)N3CC(C)(Cc4ccccc4)C3)ccc21. The Balaban J connectivity index is 1.52. The number of aromatic nitrogens is 2. The fraction of sp³-hybridized carbons (Fsp3) is 0.333. The van der Waals surface area contributed by atoms with Gasteiger partial charge in [-0.05, 0) is 30.2 Å². The molecule has 0 N–H and O–H groups in total. The van der Waals surface area contributed by atoms with Crippen molar-refractivity contribution in [2.24, 2.45) is 19.5 Å². The summed E-state index contributed by atoms with van der Waals surface area (Å²) in [5, 5.41) is 0. The number of amides is 1. The number of hydrogen-bond acceptors (Lipinski definition) is 2. The number of hydrogen-bond donors (Lipinski definition) is 0. The van der Waals surface area contributed by atoms with Gasteiger partial charge in [-0.25, -0.2) is 4.79 Å². The van der Waals surface area contributed by atoms with Crippen molar-refractivity contribution in [3.05, 3.63) is 70.1 Å². The molecule has 26 heavy (non-hydrogen) atoms. The third kappa shape index (κ3) is 2.64. The molecule has 134 valence electrons. The van der Waals surface area contributed by atoms with Crippen LogP contribution in [-0.2, 0) is 20.5 Å². The number of rotatable bonds is 3. The lowest BCUT2D eigenvalue weighted by atomic mass is 9.76. The molecule has 0 saturated carbocycles. The molecule has 2 heterocycles. The average Bonchev–Trinajstić information content (AvgIpc) is 2.84. The van der Waals surface area contributed by atoms with Crippen LogP contribution in [0.3, 0.4) is 0 Å². The van der Waals surface area contributed by atoms with Crippen molar-refractivity contribution in [3.63, 3.8) is 0 Å². The molecule has 5 nitrogen and oxygen atoms in total. The number of imidazole rings is 1. The first-order chi connectivity index (χ1) is 12.4. The normalized spacial score (nSPS) is 15.9. The van der Waals surface area contributed by atoms with Gasteiger partial charge in [0.25, 0.3) is 5.91 Å². The number of fused-ring (bicyclic) bond motifs is 1. The second kappa shape index (κ2) is 5.87. The van der Waals surface area contributed by atoms with Gasteiger partial charge in [0.1, 0.15) is 0 Å². The highest BCUT2D eigenvalue weighted by molar-refractivity contribution is 5.98. The van der Waals surface area contributed by atoms with Crippen LogP contribution in [0.2, 0.25) is 0 Å². The molecule has 0 unspecified atom stereocenters. The van der Waals surface area contributed by atoms with Gasteiger partial charge >= 0.3 is 5.69 Å². The van der Waals surface area contributed by atoms with E-state index in [0.717, 1.165) is 30.5 Å². The van der Waals surface area contributed by atoms with E-state index < -0.39 is 0 Å². The molecule has 1 saturated heterocycles. The Morgan fingerprint density at radius 1 is 1.00 bits per heavy atom. The summed E-state index contributed by atoms with van der Waals surface area (Å²) in [6.45, 7) is 3.74. The summed E-state index contributed by atoms with van der Waals surface area (Å²) < 4.78 is 3.19. The first kappa shape index (κ1) is 16.6. The van der Waals surface area contributed by atoms with Crippen LogP contribution in [0.25, 0.3) is 11.0 Å². The van der Waals surface area contributed by atoms with Gasteiger partial charge in [0, 0.05) is 38.2 Å². The van der Waals surface area contributed by atoms with Crippen LogP contribution < -0.4 is 5.69 Å². The van der Waals surface area contributed by atoms with Crippen LogP contribution >= 0.6 is 0 Å². The zero-order chi connectivity index (χ0) is 18.5. The fourth-order valence-corrected chi connectivity index (χ4v) is 4.04. The molecule has 3 aromatic rings. The molecule has 0 spiro atoms. The van der Waals surface area contributed by atoms with Crippen LogP contribution in [0.1, 0.15) is 22.8 Å². The van der Waals surface area contributed by atoms with Crippen molar-refractivity contribution in [1.82, 2.24) is 14.0 Å². The van der Waals surface area contributed by atoms with E-state index in [1.54, 1.807) is 23.2 Å². The van der Waals surface area contributed by atoms with Gasteiger partial charge < -0.3 is 4.90 Å². The summed E-state index contributed by atoms with van der Waals surface area (Å²) in [4.78, 5) is 26.8. The summed E-state index contributed by atoms with van der Waals surface area (Å²) >= 11 is 0. The molecule has 1 aliphatic heterocycles. The minimum atomic E-state index is -0.0796. The maximum Gasteiger partial charge on any atom is 0.328 e. The lowest BCUT2D eigenvalue weighted by molar-refractivity contribution is 0.0153. The largest absolute Gasteiger partial charge is 0.337 e. The number of likely N-dealkylation sites (tertiary alicyclic amines) is 1. The van der Waals surface area contributed by atoms with E-state index in [1.165, 1.54) is 5.56 Å². The second-order valence-electron chi connectivity index (χ2n) is 7.74. The highest BCUT2D eigenvalue weighted by atomic mass is 16.2. The number of carbonyl (C=O) groups is 1. The van der Waals surface area contributed by atoms with Crippen molar-refractivity contribution >= 4 is 16.9 Å². The van der Waals surface area contributed by atoms with Crippen LogP contribution in [0.5, 0.6) is 0 Å². The predicted octanol–water partition coefficient (Wildman–Crippen LogP) is 2.58. The quantitative estimate of drug-likeness (QED) is 0.730. The van der Waals surface area contributed by atoms with Crippen molar-refractivity contribution in [2.75, 3.05) is 13.1 Å². The first-order valence-corrected chi connectivity index (χ1v) is 8.87. The molecule has 0 atom stereocenters. The summed E-state index contributed by atoms with van der Waals surface area (Å²) in [5.74, 6) is 0.0359. The molecule has 1 fully saturated rings. The van der Waals surface area contributed by atoms with Crippen molar-refractivity contribution in [1.29, 1.82) is 0 Å². The molecule has 5 heteroatoms. The monoisotopic (exact) mass is 349 g/mol. The van der Waals surface area contributed by atoms with E-state index in [4.69, 9.17) is 0 Å². The maximum absolute atomic E-state index is 12.8. The molecule has 0 bridgehead atoms. The Bertz CT molecular complexity index is 1040. The summed E-state index contributed by atoms with van der Waals surface area (Å²) in [7, 11) is 3.48. The van der Waals surface area contributed by atoms with Gasteiger partial charge in [-0.15, -0.1) is 0 Å². The smallest absolute Gasteiger partial charge is 0.328 e. The maximum atomic E-state index is 12.8. The minimum absolute atomic E-state index is 0.0359. The zero-order valence-electron chi connectivity index (χ0n) is 15.4. The topological polar surface area (TPSA) is 47.2 Å². The highest BCUT2D eigenvalue weighted by Crippen LogP contribution is 2.34. The van der Waals surface area contributed by atoms with Gasteiger partial charge in [-0.3, -0.25) is 13.9 Å². The average molecular weight is 349 g/mol. The molecule has 1 aromatic heterocycles. The van der Waals surface area contributed by atoms with Crippen LogP contribution in [0.15, 0.2) is 53.3 Å². The molecule has 0 radical (unpaired) electrons. The Kier molecular flexibility index (Phi) is 3.75. The third-order valence-corrected chi connectivity index (χ3v) is 5.43. The lowest BCUT2D eigenvalue weighted by Gasteiger charge is -2.48. The first-order valence-electron chi connectivity index (χ1n) is 8.87. The Labute approximate surface area is 152 Å². The van der Waals surface area contributed by atoms with E-state index in [9.17, 15) is 9.59 Å². The Morgan fingerprint density at radius 2 is 1.65 bits per heavy atom. The molecule has 0 aliphatic carbocycles. The lowest BCUT2D eigenvalue weighted by Crippen LogP contribution is -2.57. The van der Waals surface area contributed by atoms with E-state index in [1.807, 2.05) is 29.2 Å². The molecule has 2 aromatic carbocycles. The van der Waals surface area contributed by atoms with Gasteiger partial charge in [-0.2, -0.15) is 0 Å². The number of aryl methyl sites for hydroxylation is 2. The summed E-state index contributed by atoms with van der Waals surface area (Å²) in [5.41, 5.74) is 3.62. The Hall–Kier alpha value is -2.82. The van der Waals surface area contributed by atoms with E-state index in [-0.39, 0.29) is 17.0 Å². The van der Waals surface area contributed by atoms with E-state index in [0.29, 0.717) is 5.56 Å². The molecule has 1 aliphatic rings. The number of benzene rings is 2. The number of nitrogens with zero attached hydrogens (tertiary/aromatic N) is 3. The second-order valence-corrected chi connectivity index (χ2v) is 7.74. The molecule has 1 amide bonds. The standard InChI is InChI=1S/C21H23N3O2/c1-21(12-15-7-5-4-6-8-15)13-24(14-21)19(25)16-9-10-17-18(11-16)23(3)20(26)22(17)2/h4-11H,12-14H2,1-3H3. The van der Waals surface area contributed by atoms with E-state index in [2.05, 4.69) is 31.2 Å². The summed E-state index contributed by atoms with van der Waals surface area (Å²) in [6.07, 6.45) is 0.976. The molecule has 4 rings (SSSR count). The van der Waals surface area contributed by atoms with Crippen LogP contribution in [0.4, 0.5) is 0 Å². The predicted molar refractivity (Wildman–Crippen MR) is 102 cm³/mol. The van der Waals surface area contributed by atoms with Gasteiger partial charge in [0.05, 0.1) is 11.0 Å². The van der Waals surface area contributed by atoms with Crippen LogP contribution in [0, 0.1) is 5.41 Å². The Morgan fingerprint density at radius 3 is 2.35 bits per heavy atom. The van der Waals surface area contributed by atoms with Crippen molar-refractivity contribution in [3.8, 4) is 0 Å².